The van der Waals surface area contributed by atoms with Gasteiger partial charge in [0.25, 0.3) is 0 Å². The Kier molecular flexibility index (Phi) is 5.91. The van der Waals surface area contributed by atoms with E-state index in [0.717, 1.165) is 37.6 Å². The number of hydrogen-bond donors (Lipinski definition) is 1. The van der Waals surface area contributed by atoms with Gasteiger partial charge >= 0.3 is 6.03 Å². The molecular weight excluding hydrogens is 288 g/mol. The monoisotopic (exact) mass is 318 g/mol. The molecular formula is C19H30N2O2. The van der Waals surface area contributed by atoms with E-state index in [0.29, 0.717) is 13.2 Å². The van der Waals surface area contributed by atoms with Gasteiger partial charge in [0, 0.05) is 13.1 Å². The number of urea groups is 1. The van der Waals surface area contributed by atoms with Crippen molar-refractivity contribution in [2.75, 3.05) is 26.2 Å². The van der Waals surface area contributed by atoms with E-state index in [9.17, 15) is 4.79 Å². The Hall–Kier alpha value is -1.71. The molecule has 128 valence electrons. The van der Waals surface area contributed by atoms with Crippen LogP contribution in [0.3, 0.4) is 0 Å². The van der Waals surface area contributed by atoms with E-state index in [2.05, 4.69) is 45.1 Å². The van der Waals surface area contributed by atoms with Crippen molar-refractivity contribution in [3.8, 4) is 5.75 Å². The Morgan fingerprint density at radius 3 is 2.39 bits per heavy atom. The lowest BCUT2D eigenvalue weighted by atomic mass is 9.87. The first kappa shape index (κ1) is 17.6. The van der Waals surface area contributed by atoms with Gasteiger partial charge in [0.1, 0.15) is 12.4 Å². The number of hydrogen-bond acceptors (Lipinski definition) is 2. The van der Waals surface area contributed by atoms with Gasteiger partial charge in [-0.05, 0) is 41.9 Å². The van der Waals surface area contributed by atoms with Gasteiger partial charge in [-0.1, -0.05) is 39.8 Å². The second kappa shape index (κ2) is 7.71. The van der Waals surface area contributed by atoms with Gasteiger partial charge in [-0.15, -0.1) is 0 Å². The molecule has 0 aromatic heterocycles. The van der Waals surface area contributed by atoms with Crippen LogP contribution in [0.25, 0.3) is 0 Å². The van der Waals surface area contributed by atoms with Gasteiger partial charge in [0.2, 0.25) is 0 Å². The van der Waals surface area contributed by atoms with Gasteiger partial charge in [-0.25, -0.2) is 4.79 Å². The van der Waals surface area contributed by atoms with Crippen LogP contribution >= 0.6 is 0 Å². The highest BCUT2D eigenvalue weighted by atomic mass is 16.5. The predicted octanol–water partition coefficient (Wildman–Crippen LogP) is 3.80. The van der Waals surface area contributed by atoms with Crippen molar-refractivity contribution in [2.45, 2.75) is 46.0 Å². The van der Waals surface area contributed by atoms with Crippen molar-refractivity contribution in [3.63, 3.8) is 0 Å². The zero-order chi connectivity index (χ0) is 16.9. The highest BCUT2D eigenvalue weighted by Gasteiger charge is 2.19. The molecule has 4 nitrogen and oxygen atoms in total. The average Bonchev–Trinajstić information content (AvgIpc) is 2.51. The van der Waals surface area contributed by atoms with Gasteiger partial charge in [0.15, 0.2) is 0 Å². The van der Waals surface area contributed by atoms with Crippen LogP contribution in [-0.4, -0.2) is 37.2 Å². The Balaban J connectivity index is 1.68. The zero-order valence-electron chi connectivity index (χ0n) is 14.9. The summed E-state index contributed by atoms with van der Waals surface area (Å²) in [5, 5.41) is 2.94. The van der Waals surface area contributed by atoms with Gasteiger partial charge in [-0.2, -0.15) is 0 Å². The summed E-state index contributed by atoms with van der Waals surface area (Å²) >= 11 is 0. The van der Waals surface area contributed by atoms with Crippen LogP contribution in [0.15, 0.2) is 24.3 Å². The number of nitrogens with zero attached hydrogens (tertiary/aromatic N) is 1. The third-order valence-corrected chi connectivity index (χ3v) is 4.44. The Morgan fingerprint density at radius 1 is 1.22 bits per heavy atom. The standard InChI is InChI=1S/C19H30N2O2/c1-15-9-12-21(13-10-15)18(22)20-11-14-23-17-7-5-16(6-8-17)19(2,3)4/h5-8,15H,9-14H2,1-4H3,(H,20,22). The molecule has 23 heavy (non-hydrogen) atoms. The number of carbonyl (C=O) groups excluding carboxylic acids is 1. The van der Waals surface area contributed by atoms with Crippen LogP contribution in [0.5, 0.6) is 5.75 Å². The Morgan fingerprint density at radius 2 is 1.83 bits per heavy atom. The van der Waals surface area contributed by atoms with E-state index in [1.54, 1.807) is 0 Å². The number of amides is 2. The molecule has 1 aliphatic heterocycles. The van der Waals surface area contributed by atoms with E-state index >= 15 is 0 Å². The number of carbonyl (C=O) groups is 1. The number of benzene rings is 1. The molecule has 0 saturated carbocycles. The van der Waals surface area contributed by atoms with Crippen LogP contribution < -0.4 is 10.1 Å². The van der Waals surface area contributed by atoms with Crippen molar-refractivity contribution < 1.29 is 9.53 Å². The first-order valence-electron chi connectivity index (χ1n) is 8.62. The minimum Gasteiger partial charge on any atom is -0.492 e. The topological polar surface area (TPSA) is 41.6 Å². The maximum atomic E-state index is 12.0. The molecule has 1 N–H and O–H groups in total. The lowest BCUT2D eigenvalue weighted by Crippen LogP contribution is -2.45. The lowest BCUT2D eigenvalue weighted by Gasteiger charge is -2.30. The minimum atomic E-state index is 0.0311. The molecule has 1 saturated heterocycles. The number of piperidine rings is 1. The molecule has 1 aliphatic rings. The minimum absolute atomic E-state index is 0.0311. The molecule has 0 atom stereocenters. The third kappa shape index (κ3) is 5.45. The molecule has 1 aromatic rings. The van der Waals surface area contributed by atoms with E-state index in [1.165, 1.54) is 5.56 Å². The van der Waals surface area contributed by atoms with Crippen LogP contribution in [0, 0.1) is 5.92 Å². The molecule has 4 heteroatoms. The number of likely N-dealkylation sites (tertiary alicyclic amines) is 1. The molecule has 1 heterocycles. The van der Waals surface area contributed by atoms with Crippen molar-refractivity contribution >= 4 is 6.03 Å². The SMILES string of the molecule is CC1CCN(C(=O)NCCOc2ccc(C(C)(C)C)cc2)CC1. The van der Waals surface area contributed by atoms with Crippen LogP contribution in [0.1, 0.15) is 46.1 Å². The number of nitrogens with one attached hydrogen (secondary N) is 1. The molecule has 2 rings (SSSR count). The molecule has 0 unspecified atom stereocenters. The van der Waals surface area contributed by atoms with E-state index in [1.807, 2.05) is 17.0 Å². The summed E-state index contributed by atoms with van der Waals surface area (Å²) in [6.45, 7) is 11.6. The fourth-order valence-corrected chi connectivity index (χ4v) is 2.70. The number of rotatable bonds is 4. The summed E-state index contributed by atoms with van der Waals surface area (Å²) in [6, 6.07) is 8.22. The zero-order valence-corrected chi connectivity index (χ0v) is 14.9. The lowest BCUT2D eigenvalue weighted by molar-refractivity contribution is 0.172. The normalized spacial score (nSPS) is 16.3. The van der Waals surface area contributed by atoms with Crippen molar-refractivity contribution in [2.24, 2.45) is 5.92 Å². The van der Waals surface area contributed by atoms with E-state index in [4.69, 9.17) is 4.74 Å². The van der Waals surface area contributed by atoms with Crippen molar-refractivity contribution in [1.29, 1.82) is 0 Å². The fourth-order valence-electron chi connectivity index (χ4n) is 2.70. The van der Waals surface area contributed by atoms with Gasteiger partial charge < -0.3 is 15.0 Å². The molecule has 0 bridgehead atoms. The molecule has 1 aromatic carbocycles. The maximum Gasteiger partial charge on any atom is 0.317 e. The molecule has 2 amide bonds. The summed E-state index contributed by atoms with van der Waals surface area (Å²) in [7, 11) is 0. The molecule has 0 radical (unpaired) electrons. The predicted molar refractivity (Wildman–Crippen MR) is 94.0 cm³/mol. The summed E-state index contributed by atoms with van der Waals surface area (Å²) in [5.41, 5.74) is 1.44. The quantitative estimate of drug-likeness (QED) is 0.858. The molecule has 1 fully saturated rings. The van der Waals surface area contributed by atoms with E-state index in [-0.39, 0.29) is 11.4 Å². The highest BCUT2D eigenvalue weighted by Crippen LogP contribution is 2.24. The van der Waals surface area contributed by atoms with Gasteiger partial charge in [0.05, 0.1) is 6.54 Å². The van der Waals surface area contributed by atoms with Crippen LogP contribution in [0.4, 0.5) is 4.79 Å². The van der Waals surface area contributed by atoms with Gasteiger partial charge in [-0.3, -0.25) is 0 Å². The average molecular weight is 318 g/mol. The largest absolute Gasteiger partial charge is 0.492 e. The first-order valence-corrected chi connectivity index (χ1v) is 8.62. The summed E-state index contributed by atoms with van der Waals surface area (Å²) in [5.74, 6) is 1.58. The molecule has 0 spiro atoms. The van der Waals surface area contributed by atoms with Crippen molar-refractivity contribution in [1.82, 2.24) is 10.2 Å². The summed E-state index contributed by atoms with van der Waals surface area (Å²) in [6.07, 6.45) is 2.20. The second-order valence-corrected chi connectivity index (χ2v) is 7.52. The van der Waals surface area contributed by atoms with Crippen LogP contribution in [-0.2, 0) is 5.41 Å². The number of ether oxygens (including phenoxy) is 1. The Bertz CT molecular complexity index is 497. The second-order valence-electron chi connectivity index (χ2n) is 7.52. The molecule has 0 aliphatic carbocycles. The van der Waals surface area contributed by atoms with Crippen molar-refractivity contribution in [3.05, 3.63) is 29.8 Å². The Labute approximate surface area is 140 Å². The van der Waals surface area contributed by atoms with E-state index < -0.39 is 0 Å². The first-order chi connectivity index (χ1) is 10.9. The smallest absolute Gasteiger partial charge is 0.317 e. The fraction of sp³-hybridized carbons (Fsp3) is 0.632. The third-order valence-electron chi connectivity index (χ3n) is 4.44. The highest BCUT2D eigenvalue weighted by molar-refractivity contribution is 5.74. The summed E-state index contributed by atoms with van der Waals surface area (Å²) < 4.78 is 5.70. The van der Waals surface area contributed by atoms with Crippen LogP contribution in [0.2, 0.25) is 0 Å². The summed E-state index contributed by atoms with van der Waals surface area (Å²) in [4.78, 5) is 13.9. The maximum absolute atomic E-state index is 12.0.